The third-order valence-electron chi connectivity index (χ3n) is 3.30. The third kappa shape index (κ3) is 3.30. The van der Waals surface area contributed by atoms with Crippen molar-refractivity contribution in [3.63, 3.8) is 0 Å². The first kappa shape index (κ1) is 21.3. The molecule has 0 saturated heterocycles. The van der Waals surface area contributed by atoms with E-state index in [9.17, 15) is 43.5 Å². The highest BCUT2D eigenvalue weighted by Gasteiger charge is 2.73. The molecule has 2 atom stereocenters. The van der Waals surface area contributed by atoms with Gasteiger partial charge in [-0.15, -0.1) is 0 Å². The number of hydrogen-bond acceptors (Lipinski definition) is 3. The normalized spacial score (nSPS) is 20.4. The lowest BCUT2D eigenvalue weighted by molar-refractivity contribution is -0.424. The molecular formula is C9H12F8O4S. The quantitative estimate of drug-likeness (QED) is 0.573. The molecule has 0 heterocycles. The van der Waals surface area contributed by atoms with Crippen molar-refractivity contribution >= 4 is 10.1 Å². The van der Waals surface area contributed by atoms with Gasteiger partial charge in [0.05, 0.1) is 0 Å². The monoisotopic (exact) mass is 368 g/mol. The summed E-state index contributed by atoms with van der Waals surface area (Å²) in [6.45, 7) is 0.625. The number of rotatable bonds is 6. The molecule has 0 amide bonds. The average molecular weight is 368 g/mol. The van der Waals surface area contributed by atoms with Gasteiger partial charge in [-0.3, -0.25) is 9.29 Å². The number of hydrogen-bond donors (Lipinski definition) is 1. The third-order valence-corrected chi connectivity index (χ3v) is 4.19. The van der Waals surface area contributed by atoms with E-state index in [1.807, 2.05) is 0 Å². The SMILES string of the molecule is CCC(C)(C(F)(F)F)C(C)(F)OC(F)(F)C(F)(F)S(=O)(=O)O. The Morgan fingerprint density at radius 2 is 1.32 bits per heavy atom. The molecule has 22 heavy (non-hydrogen) atoms. The topological polar surface area (TPSA) is 63.6 Å². The van der Waals surface area contributed by atoms with Crippen LogP contribution in [-0.2, 0) is 14.9 Å². The van der Waals surface area contributed by atoms with Gasteiger partial charge in [0.15, 0.2) is 0 Å². The fraction of sp³-hybridized carbons (Fsp3) is 1.00. The van der Waals surface area contributed by atoms with Gasteiger partial charge in [0, 0.05) is 0 Å². The Hall–Kier alpha value is -0.690. The minimum Gasteiger partial charge on any atom is -0.281 e. The molecule has 0 aliphatic heterocycles. The number of halogens is 8. The smallest absolute Gasteiger partial charge is 0.281 e. The lowest BCUT2D eigenvalue weighted by atomic mass is 9.79. The number of ether oxygens (including phenoxy) is 1. The molecule has 0 bridgehead atoms. The summed E-state index contributed by atoms with van der Waals surface area (Å²) in [4.78, 5) is 0. The van der Waals surface area contributed by atoms with Crippen LogP contribution in [0.5, 0.6) is 0 Å². The van der Waals surface area contributed by atoms with Crippen molar-refractivity contribution in [2.45, 2.75) is 50.6 Å². The van der Waals surface area contributed by atoms with Crippen LogP contribution in [0.3, 0.4) is 0 Å². The first-order valence-corrected chi connectivity index (χ1v) is 6.89. The van der Waals surface area contributed by atoms with E-state index in [2.05, 4.69) is 4.74 Å². The zero-order chi connectivity index (χ0) is 18.4. The van der Waals surface area contributed by atoms with Crippen LogP contribution in [0.15, 0.2) is 0 Å². The highest BCUT2D eigenvalue weighted by molar-refractivity contribution is 7.86. The van der Waals surface area contributed by atoms with Gasteiger partial charge < -0.3 is 0 Å². The largest absolute Gasteiger partial charge is 0.460 e. The Balaban J connectivity index is 5.90. The molecule has 0 aromatic rings. The standard InChI is InChI=1S/C9H12F8O4S/c1-4-5(2,7(11,12)13)6(3,10)21-8(14,15)9(16,17)22(18,19)20/h4H2,1-3H3,(H,18,19,20). The van der Waals surface area contributed by atoms with E-state index >= 15 is 0 Å². The van der Waals surface area contributed by atoms with Crippen LogP contribution in [0.25, 0.3) is 0 Å². The summed E-state index contributed by atoms with van der Waals surface area (Å²) in [6, 6.07) is 0. The minimum absolute atomic E-state index is 0.0919. The first-order chi connectivity index (χ1) is 9.27. The van der Waals surface area contributed by atoms with E-state index in [0.717, 1.165) is 6.92 Å². The van der Waals surface area contributed by atoms with Gasteiger partial charge in [0.1, 0.15) is 5.41 Å². The van der Waals surface area contributed by atoms with Crippen LogP contribution in [0.1, 0.15) is 27.2 Å². The van der Waals surface area contributed by atoms with E-state index in [4.69, 9.17) is 4.55 Å². The molecule has 2 unspecified atom stereocenters. The van der Waals surface area contributed by atoms with E-state index in [0.29, 0.717) is 0 Å². The van der Waals surface area contributed by atoms with Crippen LogP contribution in [0.2, 0.25) is 0 Å². The molecule has 0 rings (SSSR count). The minimum atomic E-state index is -6.78. The summed E-state index contributed by atoms with van der Waals surface area (Å²) in [5.41, 5.74) is -3.65. The van der Waals surface area contributed by atoms with Gasteiger partial charge >= 0.3 is 27.7 Å². The molecule has 0 spiro atoms. The van der Waals surface area contributed by atoms with Gasteiger partial charge in [0.2, 0.25) is 5.85 Å². The predicted molar refractivity (Wildman–Crippen MR) is 56.5 cm³/mol. The van der Waals surface area contributed by atoms with Gasteiger partial charge in [-0.1, -0.05) is 6.92 Å². The fourth-order valence-electron chi connectivity index (χ4n) is 1.33. The molecule has 0 aliphatic carbocycles. The summed E-state index contributed by atoms with van der Waals surface area (Å²) < 4.78 is 136. The second kappa shape index (κ2) is 5.44. The van der Waals surface area contributed by atoms with Crippen molar-refractivity contribution in [2.24, 2.45) is 5.41 Å². The molecule has 0 aliphatic rings. The van der Waals surface area contributed by atoms with Crippen LogP contribution in [0, 0.1) is 5.41 Å². The Morgan fingerprint density at radius 1 is 0.955 bits per heavy atom. The van der Waals surface area contributed by atoms with Gasteiger partial charge in [0.25, 0.3) is 0 Å². The Labute approximate surface area is 120 Å². The molecule has 1 N–H and O–H groups in total. The maximum atomic E-state index is 14.0. The predicted octanol–water partition coefficient (Wildman–Crippen LogP) is 3.74. The maximum Gasteiger partial charge on any atom is 0.460 e. The van der Waals surface area contributed by atoms with Crippen molar-refractivity contribution in [3.05, 3.63) is 0 Å². The van der Waals surface area contributed by atoms with Crippen molar-refractivity contribution in [3.8, 4) is 0 Å². The maximum absolute atomic E-state index is 14.0. The molecule has 134 valence electrons. The van der Waals surface area contributed by atoms with Crippen molar-refractivity contribution in [1.29, 1.82) is 0 Å². The van der Waals surface area contributed by atoms with E-state index in [1.165, 1.54) is 0 Å². The van der Waals surface area contributed by atoms with Crippen molar-refractivity contribution in [1.82, 2.24) is 0 Å². The second-order valence-electron chi connectivity index (χ2n) is 4.71. The molecule has 4 nitrogen and oxygen atoms in total. The summed E-state index contributed by atoms with van der Waals surface area (Å²) >= 11 is 0. The molecular weight excluding hydrogens is 356 g/mol. The molecule has 0 saturated carbocycles. The Morgan fingerprint density at radius 3 is 1.55 bits per heavy atom. The summed E-state index contributed by atoms with van der Waals surface area (Å²) in [5, 5.41) is -6.35. The molecule has 0 aromatic heterocycles. The Kier molecular flexibility index (Phi) is 5.27. The summed E-state index contributed by atoms with van der Waals surface area (Å²) in [5.74, 6) is -4.43. The number of alkyl halides is 8. The lowest BCUT2D eigenvalue weighted by Gasteiger charge is -2.42. The van der Waals surface area contributed by atoms with Gasteiger partial charge in [-0.05, 0) is 20.3 Å². The molecule has 0 radical (unpaired) electrons. The van der Waals surface area contributed by atoms with Crippen molar-refractivity contribution < 1.29 is 52.8 Å². The van der Waals surface area contributed by atoms with Crippen LogP contribution >= 0.6 is 0 Å². The molecule has 0 fully saturated rings. The van der Waals surface area contributed by atoms with E-state index < -0.39 is 45.3 Å². The van der Waals surface area contributed by atoms with Crippen LogP contribution < -0.4 is 0 Å². The second-order valence-corrected chi connectivity index (χ2v) is 6.17. The van der Waals surface area contributed by atoms with Crippen molar-refractivity contribution in [2.75, 3.05) is 0 Å². The highest BCUT2D eigenvalue weighted by Crippen LogP contribution is 2.54. The zero-order valence-electron chi connectivity index (χ0n) is 11.3. The summed E-state index contributed by atoms with van der Waals surface area (Å²) in [7, 11) is -6.78. The van der Waals surface area contributed by atoms with Gasteiger partial charge in [-0.2, -0.15) is 39.2 Å². The lowest BCUT2D eigenvalue weighted by Crippen LogP contribution is -2.59. The van der Waals surface area contributed by atoms with Gasteiger partial charge in [-0.25, -0.2) is 4.39 Å². The van der Waals surface area contributed by atoms with Crippen LogP contribution in [-0.4, -0.2) is 36.4 Å². The fourth-order valence-corrected chi connectivity index (χ4v) is 1.67. The first-order valence-electron chi connectivity index (χ1n) is 5.45. The van der Waals surface area contributed by atoms with Crippen LogP contribution in [0.4, 0.5) is 35.1 Å². The highest BCUT2D eigenvalue weighted by atomic mass is 32.2. The Bertz CT molecular complexity index is 512. The molecule has 13 heteroatoms. The average Bonchev–Trinajstić information content (AvgIpc) is 2.22. The van der Waals surface area contributed by atoms with E-state index in [1.54, 1.807) is 0 Å². The zero-order valence-corrected chi connectivity index (χ0v) is 12.1. The van der Waals surface area contributed by atoms with E-state index in [-0.39, 0.29) is 13.8 Å². The molecule has 0 aromatic carbocycles. The summed E-state index contributed by atoms with van der Waals surface area (Å²) in [6.07, 6.45) is -12.9.